The third-order valence-electron chi connectivity index (χ3n) is 13.5. The topological polar surface area (TPSA) is 149 Å². The van der Waals surface area contributed by atoms with Gasteiger partial charge in [-0.05, 0) is 128 Å². The number of allylic oxidation sites excluding steroid dienone is 27. The van der Waals surface area contributed by atoms with E-state index < -0.39 is 49.5 Å². The molecule has 0 spiro atoms. The number of rotatable bonds is 51. The van der Waals surface area contributed by atoms with E-state index in [2.05, 4.69) is 177 Å². The number of carbonyl (C=O) groups is 1. The highest BCUT2D eigenvalue weighted by atomic mass is 16.7. The largest absolute Gasteiger partial charge is 0.394 e. The van der Waals surface area contributed by atoms with Crippen LogP contribution in [0.15, 0.2) is 170 Å². The number of nitrogens with one attached hydrogen (secondary N) is 1. The molecule has 7 atom stereocenters. The Morgan fingerprint density at radius 2 is 0.787 bits per heavy atom. The third kappa shape index (κ3) is 46.2. The Bertz CT molecular complexity index is 1860. The number of hydrogen-bond donors (Lipinski definition) is 6. The average molecular weight is 1110 g/mol. The first kappa shape index (κ1) is 73.6. The Kier molecular flexibility index (Phi) is 53.1. The minimum Gasteiger partial charge on any atom is -0.394 e. The number of amides is 1. The maximum Gasteiger partial charge on any atom is 0.220 e. The Hall–Kier alpha value is -4.45. The van der Waals surface area contributed by atoms with Crippen LogP contribution < -0.4 is 5.32 Å². The fourth-order valence-electron chi connectivity index (χ4n) is 8.60. The summed E-state index contributed by atoms with van der Waals surface area (Å²) in [6.45, 7) is 3.61. The molecule has 1 aliphatic heterocycles. The molecular formula is C71H113NO8. The highest BCUT2D eigenvalue weighted by molar-refractivity contribution is 5.76. The molecule has 6 N–H and O–H groups in total. The van der Waals surface area contributed by atoms with Crippen LogP contribution in [0.4, 0.5) is 0 Å². The van der Waals surface area contributed by atoms with Gasteiger partial charge in [0.2, 0.25) is 5.91 Å². The monoisotopic (exact) mass is 1110 g/mol. The highest BCUT2D eigenvalue weighted by Gasteiger charge is 2.44. The summed E-state index contributed by atoms with van der Waals surface area (Å²) in [6.07, 6.45) is 85.7. The third-order valence-corrected chi connectivity index (χ3v) is 13.5. The fraction of sp³-hybridized carbons (Fsp3) is 0.592. The van der Waals surface area contributed by atoms with E-state index in [1.54, 1.807) is 6.08 Å². The van der Waals surface area contributed by atoms with Crippen molar-refractivity contribution in [1.82, 2.24) is 5.32 Å². The van der Waals surface area contributed by atoms with E-state index >= 15 is 0 Å². The Morgan fingerprint density at radius 3 is 1.20 bits per heavy atom. The van der Waals surface area contributed by atoms with Crippen molar-refractivity contribution in [3.63, 3.8) is 0 Å². The lowest BCUT2D eigenvalue weighted by molar-refractivity contribution is -0.302. The number of aliphatic hydroxyl groups excluding tert-OH is 5. The molecule has 450 valence electrons. The van der Waals surface area contributed by atoms with E-state index in [0.717, 1.165) is 116 Å². The molecule has 7 unspecified atom stereocenters. The number of ether oxygens (including phenoxy) is 2. The second-order valence-corrected chi connectivity index (χ2v) is 20.7. The first-order valence-electron chi connectivity index (χ1n) is 31.4. The van der Waals surface area contributed by atoms with E-state index in [1.165, 1.54) is 64.2 Å². The van der Waals surface area contributed by atoms with Crippen LogP contribution in [-0.2, 0) is 14.3 Å². The molecule has 1 saturated heterocycles. The Labute approximate surface area is 488 Å². The summed E-state index contributed by atoms with van der Waals surface area (Å²) < 4.78 is 11.2. The van der Waals surface area contributed by atoms with Crippen LogP contribution in [0.2, 0.25) is 0 Å². The SMILES string of the molecule is CC/C=C\C/C=C\C/C=C\C/C=C\C/C=C\C/C=C\C/C=C\C/C=C\C/C=C\C/C=C\C/C=C\CCCCCC(=O)NC(COC1OC(CO)C(O)C(O)C1O)C(O)/C=C/CC/C=C/CC/C=C/CCCCCCCCCCCC. The maximum atomic E-state index is 13.1. The Morgan fingerprint density at radius 1 is 0.438 bits per heavy atom. The summed E-state index contributed by atoms with van der Waals surface area (Å²) >= 11 is 0. The van der Waals surface area contributed by atoms with Crippen LogP contribution >= 0.6 is 0 Å². The van der Waals surface area contributed by atoms with Gasteiger partial charge in [-0.3, -0.25) is 4.79 Å². The zero-order valence-corrected chi connectivity index (χ0v) is 50.0. The fourth-order valence-corrected chi connectivity index (χ4v) is 8.60. The smallest absolute Gasteiger partial charge is 0.220 e. The van der Waals surface area contributed by atoms with Crippen molar-refractivity contribution in [1.29, 1.82) is 0 Å². The van der Waals surface area contributed by atoms with E-state index in [1.807, 2.05) is 6.08 Å². The minimum absolute atomic E-state index is 0.230. The van der Waals surface area contributed by atoms with Gasteiger partial charge in [0, 0.05) is 6.42 Å². The molecule has 1 aliphatic rings. The lowest BCUT2D eigenvalue weighted by Gasteiger charge is -2.40. The highest BCUT2D eigenvalue weighted by Crippen LogP contribution is 2.22. The quantitative estimate of drug-likeness (QED) is 0.0261. The van der Waals surface area contributed by atoms with Crippen molar-refractivity contribution in [3.8, 4) is 0 Å². The van der Waals surface area contributed by atoms with Gasteiger partial charge >= 0.3 is 0 Å². The standard InChI is InChI=1S/C71H113NO8/c1-3-5-7-9-11-13-15-17-19-21-23-25-26-27-28-29-30-31-32-33-34-35-36-37-38-39-40-41-43-45-47-49-51-53-55-57-59-61-67(75)72-64(63-79-71-70(78)69(77)68(76)66(62-73)80-71)65(74)60-58-56-54-52-50-48-46-44-42-24-22-20-18-16-14-12-10-8-6-4-2/h5,7,11,13,17,19,23,25,27-28,30-31,33-34,36-37,39-40,42-45,49-52,58,60,64-66,68-71,73-74,76-78H,3-4,6,8-10,12,14-16,18,20-22,24,26,29,32,35,38,41,46-48,53-57,59,61-63H2,1-2H3,(H,72,75)/b7-5-,13-11-,19-17-,25-23-,28-27-,31-30-,34-33-,37-36-,40-39-,44-42+,45-43-,51-49-,52-50+,60-58+. The molecule has 80 heavy (non-hydrogen) atoms. The van der Waals surface area contributed by atoms with Gasteiger partial charge in [0.15, 0.2) is 6.29 Å². The molecule has 9 heteroatoms. The van der Waals surface area contributed by atoms with Crippen LogP contribution in [-0.4, -0.2) is 87.5 Å². The first-order valence-corrected chi connectivity index (χ1v) is 31.4. The molecule has 0 bridgehead atoms. The van der Waals surface area contributed by atoms with Crippen LogP contribution in [0.1, 0.15) is 213 Å². The number of hydrogen-bond acceptors (Lipinski definition) is 8. The summed E-state index contributed by atoms with van der Waals surface area (Å²) in [4.78, 5) is 13.1. The average Bonchev–Trinajstić information content (AvgIpc) is 3.46. The summed E-state index contributed by atoms with van der Waals surface area (Å²) in [5.74, 6) is -0.230. The normalized spacial score (nSPS) is 19.7. The lowest BCUT2D eigenvalue weighted by atomic mass is 9.99. The summed E-state index contributed by atoms with van der Waals surface area (Å²) in [7, 11) is 0. The van der Waals surface area contributed by atoms with Crippen molar-refractivity contribution in [3.05, 3.63) is 170 Å². The molecule has 1 fully saturated rings. The maximum absolute atomic E-state index is 13.1. The van der Waals surface area contributed by atoms with Gasteiger partial charge in [0.05, 0.1) is 25.4 Å². The lowest BCUT2D eigenvalue weighted by Crippen LogP contribution is -2.60. The number of aliphatic hydroxyl groups is 5. The number of unbranched alkanes of at least 4 members (excludes halogenated alkanes) is 15. The van der Waals surface area contributed by atoms with Crippen molar-refractivity contribution >= 4 is 5.91 Å². The van der Waals surface area contributed by atoms with Crippen LogP contribution in [0.3, 0.4) is 0 Å². The second-order valence-electron chi connectivity index (χ2n) is 20.7. The molecule has 0 saturated carbocycles. The van der Waals surface area contributed by atoms with Gasteiger partial charge in [0.25, 0.3) is 0 Å². The van der Waals surface area contributed by atoms with Crippen molar-refractivity contribution < 1.29 is 39.8 Å². The van der Waals surface area contributed by atoms with Crippen LogP contribution in [0, 0.1) is 0 Å². The minimum atomic E-state index is -1.59. The van der Waals surface area contributed by atoms with Crippen molar-refractivity contribution in [2.24, 2.45) is 0 Å². The van der Waals surface area contributed by atoms with Gasteiger partial charge in [-0.25, -0.2) is 0 Å². The summed E-state index contributed by atoms with van der Waals surface area (Å²) in [5.41, 5.74) is 0. The molecule has 1 heterocycles. The van der Waals surface area contributed by atoms with Gasteiger partial charge in [-0.15, -0.1) is 0 Å². The first-order chi connectivity index (χ1) is 39.3. The van der Waals surface area contributed by atoms with Crippen molar-refractivity contribution in [2.45, 2.75) is 256 Å². The van der Waals surface area contributed by atoms with E-state index in [9.17, 15) is 30.3 Å². The van der Waals surface area contributed by atoms with Gasteiger partial charge in [-0.1, -0.05) is 248 Å². The molecule has 0 radical (unpaired) electrons. The van der Waals surface area contributed by atoms with Gasteiger partial charge < -0.3 is 40.3 Å². The molecule has 1 rings (SSSR count). The van der Waals surface area contributed by atoms with E-state index in [0.29, 0.717) is 12.8 Å². The van der Waals surface area contributed by atoms with Crippen LogP contribution in [0.25, 0.3) is 0 Å². The van der Waals surface area contributed by atoms with E-state index in [4.69, 9.17) is 9.47 Å². The van der Waals surface area contributed by atoms with Gasteiger partial charge in [0.1, 0.15) is 24.4 Å². The zero-order chi connectivity index (χ0) is 57.9. The molecular weight excluding hydrogens is 995 g/mol. The molecule has 0 aromatic rings. The molecule has 0 aliphatic carbocycles. The molecule has 1 amide bonds. The molecule has 0 aromatic carbocycles. The van der Waals surface area contributed by atoms with Gasteiger partial charge in [-0.2, -0.15) is 0 Å². The number of carbonyl (C=O) groups excluding carboxylic acids is 1. The second kappa shape index (κ2) is 57.8. The van der Waals surface area contributed by atoms with Crippen LogP contribution in [0.5, 0.6) is 0 Å². The predicted molar refractivity (Wildman–Crippen MR) is 340 cm³/mol. The summed E-state index contributed by atoms with van der Waals surface area (Å²) in [5, 5.41) is 54.5. The van der Waals surface area contributed by atoms with Crippen molar-refractivity contribution in [2.75, 3.05) is 13.2 Å². The molecule has 9 nitrogen and oxygen atoms in total. The Balaban J connectivity index is 2.27. The van der Waals surface area contributed by atoms with E-state index in [-0.39, 0.29) is 18.9 Å². The molecule has 0 aromatic heterocycles. The zero-order valence-electron chi connectivity index (χ0n) is 50.0. The summed E-state index contributed by atoms with van der Waals surface area (Å²) in [6, 6.07) is -0.860. The predicted octanol–water partition coefficient (Wildman–Crippen LogP) is 16.6.